The van der Waals surface area contributed by atoms with E-state index in [1.807, 2.05) is 0 Å². The highest BCUT2D eigenvalue weighted by Gasteiger charge is 2.06. The minimum atomic E-state index is 0. The Morgan fingerprint density at radius 1 is 0.800 bits per heavy atom. The van der Waals surface area contributed by atoms with Gasteiger partial charge in [-0.05, 0) is 71.6 Å². The van der Waals surface area contributed by atoms with Crippen molar-refractivity contribution in [3.63, 3.8) is 0 Å². The van der Waals surface area contributed by atoms with Gasteiger partial charge in [-0.3, -0.25) is 0 Å². The fourth-order valence-electron chi connectivity index (χ4n) is 2.39. The summed E-state index contributed by atoms with van der Waals surface area (Å²) in [4.78, 5) is 0. The van der Waals surface area contributed by atoms with E-state index >= 15 is 0 Å². The minimum absolute atomic E-state index is 0. The summed E-state index contributed by atoms with van der Waals surface area (Å²) >= 11 is 0. The van der Waals surface area contributed by atoms with Crippen LogP contribution in [0.4, 0.5) is 0 Å². The summed E-state index contributed by atoms with van der Waals surface area (Å²) in [6, 6.07) is 0. The van der Waals surface area contributed by atoms with E-state index in [0.717, 1.165) is 5.92 Å². The van der Waals surface area contributed by atoms with Gasteiger partial charge in [0.25, 0.3) is 0 Å². The molecule has 0 aromatic carbocycles. The van der Waals surface area contributed by atoms with Crippen LogP contribution < -0.4 is 0 Å². The highest BCUT2D eigenvalue weighted by Crippen LogP contribution is 2.23. The summed E-state index contributed by atoms with van der Waals surface area (Å²) in [5.74, 6) is 0.865. The van der Waals surface area contributed by atoms with Crippen LogP contribution in [-0.4, -0.2) is 0 Å². The molecule has 0 radical (unpaired) electrons. The molecule has 2 rings (SSSR count). The molecule has 0 heterocycles. The third-order valence-corrected chi connectivity index (χ3v) is 4.17. The number of allylic oxidation sites excluding steroid dienone is 4. The third kappa shape index (κ3) is 10.3. The summed E-state index contributed by atoms with van der Waals surface area (Å²) in [6.45, 7) is 9.07. The molecule has 1 unspecified atom stereocenters. The van der Waals surface area contributed by atoms with Gasteiger partial charge < -0.3 is 0 Å². The summed E-state index contributed by atoms with van der Waals surface area (Å²) in [5, 5.41) is 0. The zero-order valence-corrected chi connectivity index (χ0v) is 11.6. The maximum Gasteiger partial charge on any atom is -0.0234 e. The van der Waals surface area contributed by atoms with Gasteiger partial charge in [0.2, 0.25) is 0 Å². The van der Waals surface area contributed by atoms with E-state index < -0.39 is 0 Å². The molecular weight excluding hydrogens is 240 g/mol. The largest absolute Gasteiger partial charge is 0.0853 e. The van der Waals surface area contributed by atoms with Crippen molar-refractivity contribution in [3.05, 3.63) is 22.8 Å². The highest BCUT2D eigenvalue weighted by atomic mass is 14.1. The quantitative estimate of drug-likeness (QED) is 0.393. The first-order valence-corrected chi connectivity index (χ1v) is 6.93. The monoisotopic (exact) mass is 284 g/mol. The number of hydrogen-bond acceptors (Lipinski definition) is 0. The average Bonchev–Trinajstić information content (AvgIpc) is 2.28. The normalized spacial score (nSPS) is 20.6. The molecule has 0 aliphatic heterocycles. The van der Waals surface area contributed by atoms with E-state index in [9.17, 15) is 0 Å². The van der Waals surface area contributed by atoms with Gasteiger partial charge in [0.1, 0.15) is 0 Å². The molecule has 1 atom stereocenters. The maximum atomic E-state index is 2.37. The fraction of sp³-hybridized carbons (Fsp3) is 0.800. The van der Waals surface area contributed by atoms with Crippen LogP contribution in [0.5, 0.6) is 0 Å². The maximum absolute atomic E-state index is 2.37. The second-order valence-corrected chi connectivity index (χ2v) is 5.55. The van der Waals surface area contributed by atoms with Crippen molar-refractivity contribution in [2.45, 2.75) is 102 Å². The number of hydrogen-bond donors (Lipinski definition) is 0. The molecule has 20 heavy (non-hydrogen) atoms. The van der Waals surface area contributed by atoms with Crippen LogP contribution >= 0.6 is 0 Å². The van der Waals surface area contributed by atoms with Crippen molar-refractivity contribution in [3.8, 4) is 0 Å². The molecule has 0 nitrogen and oxygen atoms in total. The molecular formula is C20H44. The lowest BCUT2D eigenvalue weighted by atomic mass is 9.91. The zero-order valence-electron chi connectivity index (χ0n) is 11.6. The van der Waals surface area contributed by atoms with Gasteiger partial charge in [-0.1, -0.05) is 59.4 Å². The van der Waals surface area contributed by atoms with Gasteiger partial charge in [-0.25, -0.2) is 0 Å². The Balaban J connectivity index is -0.000000107. The first-order chi connectivity index (χ1) is 7.61. The molecule has 2 aliphatic rings. The predicted molar refractivity (Wildman–Crippen MR) is 101 cm³/mol. The van der Waals surface area contributed by atoms with Crippen LogP contribution in [0.1, 0.15) is 102 Å². The van der Waals surface area contributed by atoms with E-state index in [2.05, 4.69) is 33.8 Å². The van der Waals surface area contributed by atoms with Crippen molar-refractivity contribution in [1.82, 2.24) is 0 Å². The topological polar surface area (TPSA) is 0 Å². The summed E-state index contributed by atoms with van der Waals surface area (Å²) in [5.41, 5.74) is 4.86. The van der Waals surface area contributed by atoms with Crippen LogP contribution in [0.3, 0.4) is 0 Å². The van der Waals surface area contributed by atoms with Crippen LogP contribution in [-0.2, 0) is 0 Å². The van der Waals surface area contributed by atoms with Crippen LogP contribution in [0.25, 0.3) is 0 Å². The molecule has 0 N–H and O–H groups in total. The summed E-state index contributed by atoms with van der Waals surface area (Å²) in [7, 11) is 0. The second kappa shape index (κ2) is 14.9. The molecule has 0 heteroatoms. The Bertz CT molecular complexity index is 254. The van der Waals surface area contributed by atoms with Gasteiger partial charge in [-0.2, -0.15) is 0 Å². The fourth-order valence-corrected chi connectivity index (χ4v) is 2.39. The number of rotatable bonds is 0. The summed E-state index contributed by atoms with van der Waals surface area (Å²) < 4.78 is 0. The lowest BCUT2D eigenvalue weighted by Gasteiger charge is -2.15. The van der Waals surface area contributed by atoms with Crippen molar-refractivity contribution in [2.24, 2.45) is 5.92 Å². The molecule has 124 valence electrons. The molecule has 0 fully saturated rings. The van der Waals surface area contributed by atoms with Crippen molar-refractivity contribution >= 4 is 0 Å². The standard InChI is InChI=1S/2C8H14.4CH4/c2*1-7-5-3-4-6-8(7)2;;;;/h3-6H2,1-2H3;5,8H,3-4,6H2,1-2H3;4*1H4. The smallest absolute Gasteiger partial charge is 0.0234 e. The zero-order chi connectivity index (χ0) is 12.0. The van der Waals surface area contributed by atoms with Gasteiger partial charge in [0.15, 0.2) is 0 Å². The Morgan fingerprint density at radius 3 is 1.50 bits per heavy atom. The van der Waals surface area contributed by atoms with Gasteiger partial charge in [-0.15, -0.1) is 0 Å². The molecule has 0 spiro atoms. The molecule has 0 bridgehead atoms. The van der Waals surface area contributed by atoms with Crippen molar-refractivity contribution in [1.29, 1.82) is 0 Å². The molecule has 0 saturated carbocycles. The lowest BCUT2D eigenvalue weighted by Crippen LogP contribution is -2.00. The molecule has 0 aromatic heterocycles. The summed E-state index contributed by atoms with van der Waals surface area (Å²) in [6.07, 6.45) is 12.0. The van der Waals surface area contributed by atoms with E-state index in [-0.39, 0.29) is 29.7 Å². The average molecular weight is 285 g/mol. The van der Waals surface area contributed by atoms with Crippen LogP contribution in [0.2, 0.25) is 0 Å². The molecule has 0 amide bonds. The van der Waals surface area contributed by atoms with Crippen LogP contribution in [0, 0.1) is 5.92 Å². The lowest BCUT2D eigenvalue weighted by molar-refractivity contribution is 0.552. The van der Waals surface area contributed by atoms with Crippen LogP contribution in [0.15, 0.2) is 22.8 Å². The third-order valence-electron chi connectivity index (χ3n) is 4.17. The Labute approximate surface area is 131 Å². The highest BCUT2D eigenvalue weighted by molar-refractivity contribution is 5.11. The Kier molecular flexibility index (Phi) is 20.7. The molecule has 0 saturated heterocycles. The first-order valence-electron chi connectivity index (χ1n) is 6.93. The van der Waals surface area contributed by atoms with Gasteiger partial charge in [0.05, 0.1) is 0 Å². The van der Waals surface area contributed by atoms with Gasteiger partial charge in [0, 0.05) is 0 Å². The van der Waals surface area contributed by atoms with Gasteiger partial charge >= 0.3 is 0 Å². The van der Waals surface area contributed by atoms with E-state index in [4.69, 9.17) is 0 Å². The minimum Gasteiger partial charge on any atom is -0.0853 e. The Hall–Kier alpha value is -0.520. The predicted octanol–water partition coefficient (Wildman–Crippen LogP) is 8.19. The first kappa shape index (κ1) is 27.8. The van der Waals surface area contributed by atoms with Crippen molar-refractivity contribution in [2.75, 3.05) is 0 Å². The molecule has 2 aliphatic carbocycles. The molecule has 0 aromatic rings. The SMILES string of the molecule is C.C.C.C.CC1=C(C)CCCC1.CC1=CCCCC1C. The second-order valence-electron chi connectivity index (χ2n) is 5.55. The van der Waals surface area contributed by atoms with E-state index in [1.165, 1.54) is 44.9 Å². The van der Waals surface area contributed by atoms with Crippen molar-refractivity contribution < 1.29 is 0 Å². The van der Waals surface area contributed by atoms with E-state index in [0.29, 0.717) is 0 Å². The van der Waals surface area contributed by atoms with E-state index in [1.54, 1.807) is 16.7 Å². The Morgan fingerprint density at radius 2 is 1.25 bits per heavy atom.